The smallest absolute Gasteiger partial charge is 0.257 e. The lowest BCUT2D eigenvalue weighted by Crippen LogP contribution is -2.29. The van der Waals surface area contributed by atoms with Crippen LogP contribution < -0.4 is 10.7 Å². The van der Waals surface area contributed by atoms with Gasteiger partial charge in [0.15, 0.2) is 0 Å². The van der Waals surface area contributed by atoms with Crippen molar-refractivity contribution < 1.29 is 4.79 Å². The van der Waals surface area contributed by atoms with Crippen LogP contribution >= 0.6 is 11.6 Å². The monoisotopic (exact) mass is 354 g/mol. The lowest BCUT2D eigenvalue weighted by Gasteiger charge is -2.12. The van der Waals surface area contributed by atoms with Crippen molar-refractivity contribution in [3.8, 4) is 0 Å². The fraction of sp³-hybridized carbons (Fsp3) is 0.200. The molecule has 0 saturated carbocycles. The summed E-state index contributed by atoms with van der Waals surface area (Å²) in [5.74, 6) is -0.380. The minimum absolute atomic E-state index is 0.128. The average Bonchev–Trinajstić information content (AvgIpc) is 2.61. The number of aromatic nitrogens is 1. The van der Waals surface area contributed by atoms with E-state index in [-0.39, 0.29) is 16.9 Å². The highest BCUT2D eigenvalue weighted by Gasteiger charge is 2.15. The van der Waals surface area contributed by atoms with Crippen molar-refractivity contribution in [1.82, 2.24) is 9.88 Å². The van der Waals surface area contributed by atoms with Crippen molar-refractivity contribution >= 4 is 28.4 Å². The van der Waals surface area contributed by atoms with Crippen molar-refractivity contribution in [2.45, 2.75) is 26.9 Å². The first kappa shape index (κ1) is 17.2. The van der Waals surface area contributed by atoms with Gasteiger partial charge in [0.2, 0.25) is 5.43 Å². The second-order valence-electron chi connectivity index (χ2n) is 5.99. The largest absolute Gasteiger partial charge is 0.348 e. The molecule has 0 fully saturated rings. The minimum atomic E-state index is -0.380. The summed E-state index contributed by atoms with van der Waals surface area (Å²) in [5.41, 5.74) is 2.74. The zero-order valence-corrected chi connectivity index (χ0v) is 14.9. The molecule has 0 aliphatic rings. The zero-order chi connectivity index (χ0) is 18.0. The van der Waals surface area contributed by atoms with Crippen LogP contribution in [0.3, 0.4) is 0 Å². The second-order valence-corrected chi connectivity index (χ2v) is 6.42. The van der Waals surface area contributed by atoms with E-state index in [9.17, 15) is 9.59 Å². The molecule has 1 heterocycles. The number of fused-ring (bicyclic) bond motifs is 1. The van der Waals surface area contributed by atoms with Gasteiger partial charge in [0.1, 0.15) is 5.56 Å². The van der Waals surface area contributed by atoms with E-state index in [0.717, 1.165) is 16.6 Å². The van der Waals surface area contributed by atoms with E-state index in [2.05, 4.69) is 5.32 Å². The second kappa shape index (κ2) is 7.11. The molecule has 4 nitrogen and oxygen atoms in total. The molecule has 5 heteroatoms. The number of nitrogens with zero attached hydrogens (tertiary/aromatic N) is 1. The first-order chi connectivity index (χ1) is 12.0. The Hall–Kier alpha value is -2.59. The van der Waals surface area contributed by atoms with E-state index >= 15 is 0 Å². The third-order valence-electron chi connectivity index (χ3n) is 4.20. The van der Waals surface area contributed by atoms with Gasteiger partial charge in [-0.3, -0.25) is 9.59 Å². The minimum Gasteiger partial charge on any atom is -0.348 e. The SMILES string of the molecule is CCn1cc(C(=O)NCc2ccc(C)cc2)c(=O)c2cc(Cl)ccc21. The summed E-state index contributed by atoms with van der Waals surface area (Å²) in [6.45, 7) is 5.00. The fourth-order valence-corrected chi connectivity index (χ4v) is 2.95. The molecule has 3 aromatic rings. The van der Waals surface area contributed by atoms with Crippen LogP contribution in [-0.4, -0.2) is 10.5 Å². The van der Waals surface area contributed by atoms with E-state index in [1.54, 1.807) is 24.4 Å². The Morgan fingerprint density at radius 1 is 1.16 bits per heavy atom. The summed E-state index contributed by atoms with van der Waals surface area (Å²) in [6, 6.07) is 13.1. The van der Waals surface area contributed by atoms with E-state index in [1.807, 2.05) is 42.7 Å². The van der Waals surface area contributed by atoms with Crippen LogP contribution in [0.15, 0.2) is 53.5 Å². The molecule has 1 aromatic heterocycles. The molecule has 2 aromatic carbocycles. The molecule has 0 unspecified atom stereocenters. The summed E-state index contributed by atoms with van der Waals surface area (Å²) in [6.07, 6.45) is 1.61. The molecule has 0 radical (unpaired) electrons. The zero-order valence-electron chi connectivity index (χ0n) is 14.2. The van der Waals surface area contributed by atoms with Crippen LogP contribution in [0, 0.1) is 6.92 Å². The van der Waals surface area contributed by atoms with Crippen LogP contribution in [0.25, 0.3) is 10.9 Å². The van der Waals surface area contributed by atoms with Crippen LogP contribution in [0.5, 0.6) is 0 Å². The number of carbonyl (C=O) groups is 1. The predicted octanol–water partition coefficient (Wildman–Crippen LogP) is 3.91. The number of pyridine rings is 1. The van der Waals surface area contributed by atoms with Gasteiger partial charge in [0.05, 0.1) is 5.52 Å². The normalized spacial score (nSPS) is 10.8. The molecule has 0 saturated heterocycles. The Bertz CT molecular complexity index is 991. The highest BCUT2D eigenvalue weighted by atomic mass is 35.5. The number of hydrogen-bond acceptors (Lipinski definition) is 2. The van der Waals surface area contributed by atoms with E-state index in [1.165, 1.54) is 0 Å². The lowest BCUT2D eigenvalue weighted by atomic mass is 10.1. The number of hydrogen-bond donors (Lipinski definition) is 1. The summed E-state index contributed by atoms with van der Waals surface area (Å²) < 4.78 is 1.88. The standard InChI is InChI=1S/C20H19ClN2O2/c1-3-23-12-17(19(24)16-10-15(21)8-9-18(16)23)20(25)22-11-14-6-4-13(2)5-7-14/h4-10,12H,3,11H2,1-2H3,(H,22,25). The molecule has 3 rings (SSSR count). The maximum Gasteiger partial charge on any atom is 0.257 e. The first-order valence-corrected chi connectivity index (χ1v) is 8.54. The van der Waals surface area contributed by atoms with E-state index in [4.69, 9.17) is 11.6 Å². The summed E-state index contributed by atoms with van der Waals surface area (Å²) in [4.78, 5) is 25.3. The number of aryl methyl sites for hydroxylation is 2. The molecular weight excluding hydrogens is 336 g/mol. The van der Waals surface area contributed by atoms with Gasteiger partial charge in [-0.05, 0) is 37.6 Å². The molecule has 1 amide bonds. The average molecular weight is 355 g/mol. The van der Waals surface area contributed by atoms with Crippen molar-refractivity contribution in [2.24, 2.45) is 0 Å². The number of halogens is 1. The van der Waals surface area contributed by atoms with Crippen LogP contribution in [0.2, 0.25) is 5.02 Å². The maximum absolute atomic E-state index is 12.7. The maximum atomic E-state index is 12.7. The van der Waals surface area contributed by atoms with Crippen molar-refractivity contribution in [1.29, 1.82) is 0 Å². The first-order valence-electron chi connectivity index (χ1n) is 8.16. The third kappa shape index (κ3) is 3.59. The molecule has 0 atom stereocenters. The Labute approximate surface area is 151 Å². The predicted molar refractivity (Wildman–Crippen MR) is 101 cm³/mol. The Kier molecular flexibility index (Phi) is 4.91. The number of amides is 1. The fourth-order valence-electron chi connectivity index (χ4n) is 2.78. The van der Waals surface area contributed by atoms with Crippen LogP contribution in [0.4, 0.5) is 0 Å². The van der Waals surface area contributed by atoms with Crippen molar-refractivity contribution in [3.05, 3.63) is 80.6 Å². The van der Waals surface area contributed by atoms with Gasteiger partial charge in [0, 0.05) is 29.7 Å². The summed E-state index contributed by atoms with van der Waals surface area (Å²) in [5, 5.41) is 3.75. The summed E-state index contributed by atoms with van der Waals surface area (Å²) in [7, 11) is 0. The van der Waals surface area contributed by atoms with E-state index < -0.39 is 0 Å². The highest BCUT2D eigenvalue weighted by Crippen LogP contribution is 2.17. The molecule has 0 aliphatic carbocycles. The highest BCUT2D eigenvalue weighted by molar-refractivity contribution is 6.31. The molecular formula is C20H19ClN2O2. The molecule has 0 spiro atoms. The van der Waals surface area contributed by atoms with Gasteiger partial charge in [-0.1, -0.05) is 41.4 Å². The van der Waals surface area contributed by atoms with Gasteiger partial charge in [-0.2, -0.15) is 0 Å². The quantitative estimate of drug-likeness (QED) is 0.772. The molecule has 128 valence electrons. The van der Waals surface area contributed by atoms with Gasteiger partial charge in [0.25, 0.3) is 5.91 Å². The molecule has 0 bridgehead atoms. The number of nitrogens with one attached hydrogen (secondary N) is 1. The Morgan fingerprint density at radius 2 is 1.88 bits per heavy atom. The lowest BCUT2D eigenvalue weighted by molar-refractivity contribution is 0.0949. The Morgan fingerprint density at radius 3 is 2.56 bits per heavy atom. The van der Waals surface area contributed by atoms with Gasteiger partial charge in [-0.25, -0.2) is 0 Å². The van der Waals surface area contributed by atoms with Gasteiger partial charge in [-0.15, -0.1) is 0 Å². The molecule has 25 heavy (non-hydrogen) atoms. The third-order valence-corrected chi connectivity index (χ3v) is 4.44. The van der Waals surface area contributed by atoms with Crippen LogP contribution in [-0.2, 0) is 13.1 Å². The summed E-state index contributed by atoms with van der Waals surface area (Å²) >= 11 is 6.02. The molecule has 1 N–H and O–H groups in total. The van der Waals surface area contributed by atoms with Gasteiger partial charge < -0.3 is 9.88 Å². The number of rotatable bonds is 4. The van der Waals surface area contributed by atoms with Gasteiger partial charge >= 0.3 is 0 Å². The van der Waals surface area contributed by atoms with E-state index in [0.29, 0.717) is 23.5 Å². The number of benzene rings is 2. The topological polar surface area (TPSA) is 51.1 Å². The number of carbonyl (C=O) groups excluding carboxylic acids is 1. The van der Waals surface area contributed by atoms with Crippen molar-refractivity contribution in [2.75, 3.05) is 0 Å². The molecule has 0 aliphatic heterocycles. The Balaban J connectivity index is 1.94. The van der Waals surface area contributed by atoms with Crippen LogP contribution in [0.1, 0.15) is 28.4 Å². The van der Waals surface area contributed by atoms with Crippen molar-refractivity contribution in [3.63, 3.8) is 0 Å².